The lowest BCUT2D eigenvalue weighted by molar-refractivity contribution is -0.117. The quantitative estimate of drug-likeness (QED) is 0.245. The lowest BCUT2D eigenvalue weighted by Gasteiger charge is -2.30. The Hall–Kier alpha value is -3.27. The van der Waals surface area contributed by atoms with Gasteiger partial charge in [-0.2, -0.15) is 13.2 Å². The van der Waals surface area contributed by atoms with Crippen LogP contribution >= 0.6 is 0 Å². The number of carbonyl (C=O) groups excluding carboxylic acids is 1. The molecule has 1 saturated heterocycles. The van der Waals surface area contributed by atoms with E-state index in [2.05, 4.69) is 28.5 Å². The molecule has 174 valence electrons. The van der Waals surface area contributed by atoms with Crippen LogP contribution in [0.2, 0.25) is 0 Å². The van der Waals surface area contributed by atoms with Gasteiger partial charge in [-0.15, -0.1) is 0 Å². The predicted octanol–water partition coefficient (Wildman–Crippen LogP) is 2.83. The Labute approximate surface area is 185 Å². The summed E-state index contributed by atoms with van der Waals surface area (Å²) in [5.74, 6) is -0.794. The standard InChI is InChI=1S/C22H28F3N5O2/c1-4-5-6-19-15(2)17(14-28-19)7-8-27-21(31)18(13-26)20(29-16(3)22(23,24)25)30-9-11-32-12-10-30/h4-6,13-14,28H,1,3,7-12,26H2,2H3,(H,27,31)/b6-5-,18-13+,29-20?. The van der Waals surface area contributed by atoms with Crippen molar-refractivity contribution in [3.63, 3.8) is 0 Å². The highest BCUT2D eigenvalue weighted by molar-refractivity contribution is 6.20. The van der Waals surface area contributed by atoms with Crippen LogP contribution in [0.25, 0.3) is 6.08 Å². The van der Waals surface area contributed by atoms with Gasteiger partial charge < -0.3 is 25.7 Å². The molecule has 0 aromatic carbocycles. The van der Waals surface area contributed by atoms with Gasteiger partial charge in [0.05, 0.1) is 18.8 Å². The number of amides is 1. The summed E-state index contributed by atoms with van der Waals surface area (Å²) in [6, 6.07) is 0. The summed E-state index contributed by atoms with van der Waals surface area (Å²) in [6.07, 6.45) is 3.97. The SMILES string of the molecule is C=C/C=C\c1[nH]cc(CCNC(=O)/C(=C/N)C(=NC(=C)C(F)(F)F)N2CCOCC2)c1C. The van der Waals surface area contributed by atoms with Crippen LogP contribution in [0.3, 0.4) is 0 Å². The summed E-state index contributed by atoms with van der Waals surface area (Å²) in [6.45, 7) is 9.98. The topological polar surface area (TPSA) is 95.7 Å². The number of hydrogen-bond acceptors (Lipinski definition) is 4. The first-order valence-corrected chi connectivity index (χ1v) is 10.0. The molecule has 0 aliphatic carbocycles. The summed E-state index contributed by atoms with van der Waals surface area (Å²) in [5, 5.41) is 2.71. The Bertz CT molecular complexity index is 922. The summed E-state index contributed by atoms with van der Waals surface area (Å²) in [5.41, 5.74) is 7.13. The van der Waals surface area contributed by atoms with Crippen LogP contribution in [0.5, 0.6) is 0 Å². The summed E-state index contributed by atoms with van der Waals surface area (Å²) >= 11 is 0. The van der Waals surface area contributed by atoms with Crippen LogP contribution in [-0.4, -0.2) is 60.7 Å². The van der Waals surface area contributed by atoms with Crippen molar-refractivity contribution in [3.05, 3.63) is 65.8 Å². The van der Waals surface area contributed by atoms with E-state index in [9.17, 15) is 18.0 Å². The second kappa shape index (κ2) is 11.4. The molecular formula is C22H28F3N5O2. The Morgan fingerprint density at radius 1 is 1.41 bits per heavy atom. The van der Waals surface area contributed by atoms with E-state index < -0.39 is 17.8 Å². The van der Waals surface area contributed by atoms with Crippen molar-refractivity contribution in [1.82, 2.24) is 15.2 Å². The molecular weight excluding hydrogens is 423 g/mol. The number of rotatable bonds is 8. The zero-order chi connectivity index (χ0) is 23.7. The number of aromatic nitrogens is 1. The Balaban J connectivity index is 2.13. The van der Waals surface area contributed by atoms with Crippen molar-refractivity contribution < 1.29 is 22.7 Å². The lowest BCUT2D eigenvalue weighted by Crippen LogP contribution is -2.45. The van der Waals surface area contributed by atoms with E-state index in [0.29, 0.717) is 19.6 Å². The number of alkyl halides is 3. The van der Waals surface area contributed by atoms with Crippen molar-refractivity contribution >= 4 is 17.8 Å². The fourth-order valence-corrected chi connectivity index (χ4v) is 3.08. The number of ether oxygens (including phenoxy) is 1. The maximum atomic E-state index is 13.0. The molecule has 1 amide bonds. The van der Waals surface area contributed by atoms with E-state index >= 15 is 0 Å². The average molecular weight is 451 g/mol. The normalized spacial score (nSPS) is 15.8. The predicted molar refractivity (Wildman–Crippen MR) is 119 cm³/mol. The number of carbonyl (C=O) groups is 1. The van der Waals surface area contributed by atoms with Crippen LogP contribution in [0.1, 0.15) is 16.8 Å². The van der Waals surface area contributed by atoms with E-state index in [0.717, 1.165) is 23.0 Å². The first kappa shape index (κ1) is 25.0. The first-order chi connectivity index (χ1) is 15.2. The smallest absolute Gasteiger partial charge is 0.404 e. The molecule has 1 aliphatic heterocycles. The summed E-state index contributed by atoms with van der Waals surface area (Å²) in [4.78, 5) is 21.1. The van der Waals surface area contributed by atoms with E-state index in [1.54, 1.807) is 6.08 Å². The molecule has 4 N–H and O–H groups in total. The minimum atomic E-state index is -4.72. The summed E-state index contributed by atoms with van der Waals surface area (Å²) in [7, 11) is 0. The monoisotopic (exact) mass is 451 g/mol. The fraction of sp³-hybridized carbons (Fsp3) is 0.364. The molecule has 1 aliphatic rings. The molecule has 2 heterocycles. The van der Waals surface area contributed by atoms with Crippen molar-refractivity contribution in [2.24, 2.45) is 10.7 Å². The number of nitrogens with zero attached hydrogens (tertiary/aromatic N) is 2. The van der Waals surface area contributed by atoms with Crippen molar-refractivity contribution in [3.8, 4) is 0 Å². The molecule has 1 aromatic rings. The third-order valence-electron chi connectivity index (χ3n) is 4.90. The first-order valence-electron chi connectivity index (χ1n) is 10.0. The van der Waals surface area contributed by atoms with Crippen LogP contribution in [0.4, 0.5) is 13.2 Å². The van der Waals surface area contributed by atoms with Gasteiger partial charge in [0.15, 0.2) is 0 Å². The van der Waals surface area contributed by atoms with Crippen molar-refractivity contribution in [1.29, 1.82) is 0 Å². The maximum Gasteiger partial charge on any atom is 0.432 e. The average Bonchev–Trinajstić information content (AvgIpc) is 3.11. The highest BCUT2D eigenvalue weighted by atomic mass is 19.4. The number of nitrogens with two attached hydrogens (primary N) is 1. The number of morpholine rings is 1. The van der Waals surface area contributed by atoms with E-state index in [1.807, 2.05) is 25.3 Å². The number of aromatic amines is 1. The number of H-pyrrole nitrogens is 1. The van der Waals surface area contributed by atoms with Gasteiger partial charge in [-0.25, -0.2) is 4.99 Å². The third kappa shape index (κ3) is 6.61. The number of halogens is 3. The van der Waals surface area contributed by atoms with Gasteiger partial charge in [0.2, 0.25) is 0 Å². The number of hydrogen-bond donors (Lipinski definition) is 3. The van der Waals surface area contributed by atoms with E-state index in [4.69, 9.17) is 10.5 Å². The molecule has 1 fully saturated rings. The maximum absolute atomic E-state index is 13.0. The van der Waals surface area contributed by atoms with Gasteiger partial charge in [-0.3, -0.25) is 4.79 Å². The van der Waals surface area contributed by atoms with Gasteiger partial charge in [0.1, 0.15) is 11.5 Å². The van der Waals surface area contributed by atoms with Crippen LogP contribution in [0, 0.1) is 6.92 Å². The highest BCUT2D eigenvalue weighted by Gasteiger charge is 2.34. The molecule has 1 aromatic heterocycles. The third-order valence-corrected chi connectivity index (χ3v) is 4.90. The zero-order valence-electron chi connectivity index (χ0n) is 18.0. The summed E-state index contributed by atoms with van der Waals surface area (Å²) < 4.78 is 44.4. The molecule has 0 spiro atoms. The number of aliphatic imine (C=N–C) groups is 1. The molecule has 32 heavy (non-hydrogen) atoms. The molecule has 0 radical (unpaired) electrons. The lowest BCUT2D eigenvalue weighted by atomic mass is 10.1. The minimum Gasteiger partial charge on any atom is -0.404 e. The Morgan fingerprint density at radius 3 is 2.69 bits per heavy atom. The molecule has 0 unspecified atom stereocenters. The molecule has 10 heteroatoms. The Morgan fingerprint density at radius 2 is 2.09 bits per heavy atom. The van der Waals surface area contributed by atoms with Crippen LogP contribution < -0.4 is 11.1 Å². The van der Waals surface area contributed by atoms with E-state index in [1.165, 1.54) is 4.90 Å². The van der Waals surface area contributed by atoms with Crippen LogP contribution in [-0.2, 0) is 16.0 Å². The van der Waals surface area contributed by atoms with Gasteiger partial charge in [0, 0.05) is 37.7 Å². The number of nitrogens with one attached hydrogen (secondary N) is 2. The zero-order valence-corrected chi connectivity index (χ0v) is 18.0. The molecule has 7 nitrogen and oxygen atoms in total. The highest BCUT2D eigenvalue weighted by Crippen LogP contribution is 2.26. The fourth-order valence-electron chi connectivity index (χ4n) is 3.08. The minimum absolute atomic E-state index is 0.155. The molecule has 0 atom stereocenters. The van der Waals surface area contributed by atoms with Gasteiger partial charge >= 0.3 is 6.18 Å². The van der Waals surface area contributed by atoms with Crippen molar-refractivity contribution in [2.45, 2.75) is 19.5 Å². The largest absolute Gasteiger partial charge is 0.432 e. The second-order valence-corrected chi connectivity index (χ2v) is 7.01. The second-order valence-electron chi connectivity index (χ2n) is 7.01. The van der Waals surface area contributed by atoms with Crippen LogP contribution in [0.15, 0.2) is 54.0 Å². The Kier molecular flexibility index (Phi) is 8.89. The number of allylic oxidation sites excluding steroid dienone is 3. The molecule has 0 bridgehead atoms. The molecule has 0 saturated carbocycles. The van der Waals surface area contributed by atoms with E-state index in [-0.39, 0.29) is 31.0 Å². The van der Waals surface area contributed by atoms with Gasteiger partial charge in [-0.1, -0.05) is 25.3 Å². The van der Waals surface area contributed by atoms with Crippen molar-refractivity contribution in [2.75, 3.05) is 32.8 Å². The van der Waals surface area contributed by atoms with Gasteiger partial charge in [-0.05, 0) is 30.5 Å². The molecule has 2 rings (SSSR count). The van der Waals surface area contributed by atoms with Gasteiger partial charge in [0.25, 0.3) is 5.91 Å². The number of amidine groups is 1.